The molecule has 96 valence electrons. The summed E-state index contributed by atoms with van der Waals surface area (Å²) in [6.07, 6.45) is 7.69. The van der Waals surface area contributed by atoms with Gasteiger partial charge in [-0.05, 0) is 32.6 Å². The highest BCUT2D eigenvalue weighted by Gasteiger charge is 2.34. The fraction of sp³-hybridized carbons (Fsp3) is 0.615. The van der Waals surface area contributed by atoms with E-state index in [9.17, 15) is 4.79 Å². The summed E-state index contributed by atoms with van der Waals surface area (Å²) >= 11 is 0. The molecule has 1 saturated carbocycles. The molecule has 1 aliphatic carbocycles. The molecule has 3 rings (SSSR count). The Hall–Kier alpha value is -1.65. The summed E-state index contributed by atoms with van der Waals surface area (Å²) in [5.74, 6) is 0.974. The van der Waals surface area contributed by atoms with Gasteiger partial charge in [-0.15, -0.1) is 0 Å². The van der Waals surface area contributed by atoms with Crippen LogP contribution < -0.4 is 10.2 Å². The van der Waals surface area contributed by atoms with Gasteiger partial charge in [0.1, 0.15) is 11.9 Å². The van der Waals surface area contributed by atoms with Crippen LogP contribution in [0.15, 0.2) is 12.4 Å². The predicted molar refractivity (Wildman–Crippen MR) is 68.3 cm³/mol. The number of carbonyl (C=O) groups excluding carboxylic acids is 1. The van der Waals surface area contributed by atoms with E-state index in [-0.39, 0.29) is 11.9 Å². The van der Waals surface area contributed by atoms with E-state index in [2.05, 4.69) is 20.2 Å². The molecule has 0 bridgehead atoms. The number of hydrogen-bond donors (Lipinski definition) is 1. The van der Waals surface area contributed by atoms with Crippen molar-refractivity contribution in [1.29, 1.82) is 0 Å². The molecule has 1 saturated heterocycles. The lowest BCUT2D eigenvalue weighted by Gasteiger charge is -2.24. The largest absolute Gasteiger partial charge is 0.352 e. The van der Waals surface area contributed by atoms with Crippen LogP contribution in [0.4, 0.5) is 5.82 Å². The van der Waals surface area contributed by atoms with Crippen LogP contribution >= 0.6 is 0 Å². The van der Waals surface area contributed by atoms with E-state index in [1.165, 1.54) is 0 Å². The van der Waals surface area contributed by atoms with E-state index >= 15 is 0 Å². The maximum Gasteiger partial charge on any atom is 0.242 e. The second kappa shape index (κ2) is 4.55. The lowest BCUT2D eigenvalue weighted by Crippen LogP contribution is -2.44. The maximum atomic E-state index is 12.2. The van der Waals surface area contributed by atoms with Crippen LogP contribution in [0.2, 0.25) is 0 Å². The van der Waals surface area contributed by atoms with Crippen LogP contribution in [-0.4, -0.2) is 34.5 Å². The van der Waals surface area contributed by atoms with Crippen LogP contribution in [0.1, 0.15) is 31.4 Å². The quantitative estimate of drug-likeness (QED) is 0.865. The number of nitrogens with zero attached hydrogens (tertiary/aromatic N) is 3. The molecule has 0 aromatic carbocycles. The van der Waals surface area contributed by atoms with Crippen molar-refractivity contribution in [2.75, 3.05) is 11.4 Å². The second-order valence-electron chi connectivity index (χ2n) is 5.15. The zero-order chi connectivity index (χ0) is 12.5. The Labute approximate surface area is 107 Å². The Kier molecular flexibility index (Phi) is 2.89. The van der Waals surface area contributed by atoms with Crippen molar-refractivity contribution in [3.8, 4) is 0 Å². The Bertz CT molecular complexity index is 458. The summed E-state index contributed by atoms with van der Waals surface area (Å²) in [7, 11) is 0. The zero-order valence-electron chi connectivity index (χ0n) is 10.6. The highest BCUT2D eigenvalue weighted by molar-refractivity contribution is 5.86. The van der Waals surface area contributed by atoms with Gasteiger partial charge >= 0.3 is 0 Å². The summed E-state index contributed by atoms with van der Waals surface area (Å²) < 4.78 is 0. The Balaban J connectivity index is 1.75. The first-order valence-corrected chi connectivity index (χ1v) is 6.60. The molecule has 0 unspecified atom stereocenters. The standard InChI is InChI=1S/C13H18N4O/c1-9-7-14-8-12(15-9)17-6-2-3-11(17)13(18)16-10-4-5-10/h7-8,10-11H,2-6H2,1H3,(H,16,18)/t11-/m0/s1. The monoisotopic (exact) mass is 246 g/mol. The molecule has 1 N–H and O–H groups in total. The average molecular weight is 246 g/mol. The number of amides is 1. The Morgan fingerprint density at radius 1 is 1.39 bits per heavy atom. The third kappa shape index (κ3) is 2.30. The van der Waals surface area contributed by atoms with Crippen molar-refractivity contribution in [1.82, 2.24) is 15.3 Å². The van der Waals surface area contributed by atoms with Gasteiger partial charge in [0.05, 0.1) is 11.9 Å². The first kappa shape index (κ1) is 11.4. The summed E-state index contributed by atoms with van der Waals surface area (Å²) in [5, 5.41) is 3.08. The minimum atomic E-state index is -0.0679. The minimum absolute atomic E-state index is 0.0679. The van der Waals surface area contributed by atoms with Crippen LogP contribution in [0, 0.1) is 6.92 Å². The van der Waals surface area contributed by atoms with Gasteiger partial charge < -0.3 is 10.2 Å². The van der Waals surface area contributed by atoms with E-state index in [0.717, 1.165) is 43.7 Å². The highest BCUT2D eigenvalue weighted by Crippen LogP contribution is 2.25. The number of hydrogen-bond acceptors (Lipinski definition) is 4. The smallest absolute Gasteiger partial charge is 0.242 e. The van der Waals surface area contributed by atoms with Crippen molar-refractivity contribution in [2.24, 2.45) is 0 Å². The van der Waals surface area contributed by atoms with Crippen LogP contribution in [-0.2, 0) is 4.79 Å². The third-order valence-corrected chi connectivity index (χ3v) is 3.52. The number of rotatable bonds is 3. The molecule has 0 spiro atoms. The van der Waals surface area contributed by atoms with Crippen LogP contribution in [0.25, 0.3) is 0 Å². The van der Waals surface area contributed by atoms with Gasteiger partial charge in [0.15, 0.2) is 0 Å². The maximum absolute atomic E-state index is 12.2. The van der Waals surface area contributed by atoms with Gasteiger partial charge in [-0.2, -0.15) is 0 Å². The molecule has 0 radical (unpaired) electrons. The zero-order valence-corrected chi connectivity index (χ0v) is 10.6. The van der Waals surface area contributed by atoms with Crippen molar-refractivity contribution in [3.63, 3.8) is 0 Å². The molecule has 1 atom stereocenters. The Morgan fingerprint density at radius 3 is 2.94 bits per heavy atom. The number of carbonyl (C=O) groups is 1. The fourth-order valence-electron chi connectivity index (χ4n) is 2.43. The first-order valence-electron chi connectivity index (χ1n) is 6.60. The van der Waals surface area contributed by atoms with E-state index in [1.807, 2.05) is 6.92 Å². The van der Waals surface area contributed by atoms with Crippen molar-refractivity contribution in [3.05, 3.63) is 18.1 Å². The van der Waals surface area contributed by atoms with Gasteiger partial charge in [0.2, 0.25) is 5.91 Å². The SMILES string of the molecule is Cc1cncc(N2CCC[C@H]2C(=O)NC2CC2)n1. The first-order chi connectivity index (χ1) is 8.74. The fourth-order valence-corrected chi connectivity index (χ4v) is 2.43. The highest BCUT2D eigenvalue weighted by atomic mass is 16.2. The summed E-state index contributed by atoms with van der Waals surface area (Å²) in [4.78, 5) is 22.9. The molecule has 2 aliphatic rings. The third-order valence-electron chi connectivity index (χ3n) is 3.52. The molecule has 1 amide bonds. The molecule has 5 nitrogen and oxygen atoms in total. The molecule has 5 heteroatoms. The minimum Gasteiger partial charge on any atom is -0.352 e. The molecular formula is C13H18N4O. The van der Waals surface area contributed by atoms with Crippen molar-refractivity contribution < 1.29 is 4.79 Å². The van der Waals surface area contributed by atoms with E-state index in [0.29, 0.717) is 6.04 Å². The van der Waals surface area contributed by atoms with Crippen molar-refractivity contribution >= 4 is 11.7 Å². The lowest BCUT2D eigenvalue weighted by molar-refractivity contribution is -0.122. The topological polar surface area (TPSA) is 58.1 Å². The molecule has 18 heavy (non-hydrogen) atoms. The molecule has 2 heterocycles. The number of aryl methyl sites for hydroxylation is 1. The predicted octanol–water partition coefficient (Wildman–Crippen LogP) is 1.03. The lowest BCUT2D eigenvalue weighted by atomic mass is 10.2. The molecule has 1 aromatic heterocycles. The van der Waals surface area contributed by atoms with Crippen molar-refractivity contribution in [2.45, 2.75) is 44.7 Å². The molecule has 2 fully saturated rings. The Morgan fingerprint density at radius 2 is 2.22 bits per heavy atom. The van der Waals surface area contributed by atoms with Gasteiger partial charge in [-0.1, -0.05) is 0 Å². The van der Waals surface area contributed by atoms with E-state index in [4.69, 9.17) is 0 Å². The molecule has 1 aromatic rings. The van der Waals surface area contributed by atoms with E-state index < -0.39 is 0 Å². The van der Waals surface area contributed by atoms with Crippen LogP contribution in [0.3, 0.4) is 0 Å². The van der Waals surface area contributed by atoms with Gasteiger partial charge in [-0.3, -0.25) is 9.78 Å². The average Bonchev–Trinajstić information content (AvgIpc) is 3.03. The van der Waals surface area contributed by atoms with Gasteiger partial charge in [0, 0.05) is 18.8 Å². The van der Waals surface area contributed by atoms with Gasteiger partial charge in [-0.25, -0.2) is 4.98 Å². The summed E-state index contributed by atoms with van der Waals surface area (Å²) in [5.41, 5.74) is 0.890. The number of anilines is 1. The summed E-state index contributed by atoms with van der Waals surface area (Å²) in [6, 6.07) is 0.352. The second-order valence-corrected chi connectivity index (χ2v) is 5.15. The number of aromatic nitrogens is 2. The molecule has 1 aliphatic heterocycles. The number of nitrogens with one attached hydrogen (secondary N) is 1. The molecular weight excluding hydrogens is 228 g/mol. The normalized spacial score (nSPS) is 23.2. The van der Waals surface area contributed by atoms with E-state index in [1.54, 1.807) is 12.4 Å². The van der Waals surface area contributed by atoms with Gasteiger partial charge in [0.25, 0.3) is 0 Å². The summed E-state index contributed by atoms with van der Waals surface area (Å²) in [6.45, 7) is 2.81. The van der Waals surface area contributed by atoms with Crippen LogP contribution in [0.5, 0.6) is 0 Å².